The van der Waals surface area contributed by atoms with Gasteiger partial charge in [-0.25, -0.2) is 13.2 Å². The maximum absolute atomic E-state index is 12.1. The van der Waals surface area contributed by atoms with E-state index in [0.717, 1.165) is 37.8 Å². The van der Waals surface area contributed by atoms with Gasteiger partial charge in [-0.05, 0) is 31.4 Å². The number of carbonyl (C=O) groups is 1. The monoisotopic (exact) mass is 409 g/mol. The number of urea groups is 1. The number of hydrogen-bond acceptors (Lipinski definition) is 5. The Hall–Kier alpha value is -1.64. The molecule has 2 atom stereocenters. The number of ether oxygens (including phenoxy) is 1. The number of carbonyl (C=O) groups excluding carboxylic acids is 1. The first-order chi connectivity index (χ1) is 13.3. The minimum Gasteiger partial charge on any atom is -0.370 e. The van der Waals surface area contributed by atoms with Gasteiger partial charge in [0.1, 0.15) is 5.60 Å². The van der Waals surface area contributed by atoms with E-state index in [9.17, 15) is 13.2 Å². The summed E-state index contributed by atoms with van der Waals surface area (Å²) in [5.74, 6) is 0. The molecule has 2 N–H and O–H groups in total. The van der Waals surface area contributed by atoms with E-state index in [0.29, 0.717) is 31.1 Å². The summed E-state index contributed by atoms with van der Waals surface area (Å²) in [5.41, 5.74) is 0.396. The minimum absolute atomic E-state index is 0.0410. The Morgan fingerprint density at radius 1 is 1.32 bits per heavy atom. The van der Waals surface area contributed by atoms with Crippen molar-refractivity contribution in [3.63, 3.8) is 0 Å². The molecule has 2 fully saturated rings. The Bertz CT molecular complexity index is 794. The third-order valence-electron chi connectivity index (χ3n) is 5.67. The van der Waals surface area contributed by atoms with Crippen LogP contribution in [0.5, 0.6) is 0 Å². The van der Waals surface area contributed by atoms with Crippen LogP contribution >= 0.6 is 0 Å². The Balaban J connectivity index is 1.76. The number of amides is 2. The number of nitrogens with one attached hydrogen (secondary N) is 2. The molecule has 2 amide bonds. The number of hydrogen-bond donors (Lipinski definition) is 2. The highest BCUT2D eigenvalue weighted by Crippen LogP contribution is 2.35. The Labute approximate surface area is 167 Å². The number of benzene rings is 1. The molecule has 1 aromatic carbocycles. The smallest absolute Gasteiger partial charge is 0.315 e. The van der Waals surface area contributed by atoms with Crippen molar-refractivity contribution < 1.29 is 17.9 Å². The lowest BCUT2D eigenvalue weighted by molar-refractivity contribution is -0.142. The number of nitrogens with zero attached hydrogens (tertiary/aromatic N) is 1. The van der Waals surface area contributed by atoms with Gasteiger partial charge in [0.15, 0.2) is 9.84 Å². The first kappa shape index (κ1) is 21.1. The normalized spacial score (nSPS) is 26.1. The van der Waals surface area contributed by atoms with Crippen molar-refractivity contribution in [2.24, 2.45) is 0 Å². The van der Waals surface area contributed by atoms with E-state index < -0.39 is 15.4 Å². The van der Waals surface area contributed by atoms with Crippen LogP contribution in [0.25, 0.3) is 0 Å². The fourth-order valence-electron chi connectivity index (χ4n) is 4.40. The van der Waals surface area contributed by atoms with Gasteiger partial charge in [-0.2, -0.15) is 0 Å². The molecule has 1 aromatic rings. The van der Waals surface area contributed by atoms with Crippen molar-refractivity contribution in [3.8, 4) is 0 Å². The van der Waals surface area contributed by atoms with Crippen molar-refractivity contribution >= 4 is 15.9 Å². The Morgan fingerprint density at radius 2 is 2.11 bits per heavy atom. The van der Waals surface area contributed by atoms with Gasteiger partial charge in [0.2, 0.25) is 0 Å². The largest absolute Gasteiger partial charge is 0.370 e. The first-order valence-electron chi connectivity index (χ1n) is 10.0. The zero-order valence-corrected chi connectivity index (χ0v) is 17.6. The van der Waals surface area contributed by atoms with Crippen LogP contribution in [-0.2, 0) is 21.1 Å². The van der Waals surface area contributed by atoms with Crippen molar-refractivity contribution in [2.75, 3.05) is 32.5 Å². The van der Waals surface area contributed by atoms with E-state index in [1.54, 1.807) is 12.1 Å². The standard InChI is InChI=1S/C20H31N3O4S/c1-3-21-19(24)22-18-10-6-7-11-20(18)15-23(12-13-27-20)14-16-8-4-5-9-17(16)28(2,25)26/h4-5,8-9,18H,3,6-7,10-15H2,1-2H3,(H2,21,22,24)/t18-,20-/m1/s1. The lowest BCUT2D eigenvalue weighted by Gasteiger charge is -2.49. The summed E-state index contributed by atoms with van der Waals surface area (Å²) in [5, 5.41) is 5.91. The maximum Gasteiger partial charge on any atom is 0.315 e. The molecular weight excluding hydrogens is 378 g/mol. The van der Waals surface area contributed by atoms with Crippen LogP contribution in [0.15, 0.2) is 29.2 Å². The molecule has 0 unspecified atom stereocenters. The van der Waals surface area contributed by atoms with E-state index in [-0.39, 0.29) is 12.1 Å². The van der Waals surface area contributed by atoms with Gasteiger partial charge in [-0.3, -0.25) is 4.90 Å². The summed E-state index contributed by atoms with van der Waals surface area (Å²) >= 11 is 0. The molecule has 1 spiro atoms. The fourth-order valence-corrected chi connectivity index (χ4v) is 5.33. The van der Waals surface area contributed by atoms with Crippen LogP contribution in [0.3, 0.4) is 0 Å². The summed E-state index contributed by atoms with van der Waals surface area (Å²) in [6.07, 6.45) is 5.18. The Kier molecular flexibility index (Phi) is 6.62. The second-order valence-corrected chi connectivity index (χ2v) is 9.79. The van der Waals surface area contributed by atoms with Crippen molar-refractivity contribution in [3.05, 3.63) is 29.8 Å². The molecule has 0 aromatic heterocycles. The van der Waals surface area contributed by atoms with Gasteiger partial charge in [0.05, 0.1) is 17.5 Å². The van der Waals surface area contributed by atoms with E-state index in [1.807, 2.05) is 19.1 Å². The average molecular weight is 410 g/mol. The number of morpholine rings is 1. The second kappa shape index (κ2) is 8.80. The quantitative estimate of drug-likeness (QED) is 0.776. The van der Waals surface area contributed by atoms with E-state index in [4.69, 9.17) is 4.74 Å². The van der Waals surface area contributed by atoms with Gasteiger partial charge < -0.3 is 15.4 Å². The molecule has 0 radical (unpaired) electrons. The lowest BCUT2D eigenvalue weighted by Crippen LogP contribution is -2.64. The summed E-state index contributed by atoms with van der Waals surface area (Å²) in [4.78, 5) is 14.7. The molecule has 28 heavy (non-hydrogen) atoms. The van der Waals surface area contributed by atoms with Crippen LogP contribution in [0.4, 0.5) is 4.79 Å². The predicted molar refractivity (Wildman–Crippen MR) is 108 cm³/mol. The zero-order chi connectivity index (χ0) is 20.2. The molecular formula is C20H31N3O4S. The lowest BCUT2D eigenvalue weighted by atomic mass is 9.79. The van der Waals surface area contributed by atoms with Crippen molar-refractivity contribution in [1.29, 1.82) is 0 Å². The van der Waals surface area contributed by atoms with Crippen LogP contribution < -0.4 is 10.6 Å². The third kappa shape index (κ3) is 4.85. The first-order valence-corrected chi connectivity index (χ1v) is 11.9. The summed E-state index contributed by atoms with van der Waals surface area (Å²) in [6, 6.07) is 6.98. The Morgan fingerprint density at radius 3 is 2.86 bits per heavy atom. The van der Waals surface area contributed by atoms with Gasteiger partial charge in [0, 0.05) is 32.4 Å². The molecule has 7 nitrogen and oxygen atoms in total. The second-order valence-electron chi connectivity index (χ2n) is 7.81. The van der Waals surface area contributed by atoms with Gasteiger partial charge in [0.25, 0.3) is 0 Å². The van der Waals surface area contributed by atoms with Crippen LogP contribution in [0.2, 0.25) is 0 Å². The van der Waals surface area contributed by atoms with Gasteiger partial charge >= 0.3 is 6.03 Å². The number of sulfone groups is 1. The molecule has 1 heterocycles. The third-order valence-corrected chi connectivity index (χ3v) is 6.87. The van der Waals surface area contributed by atoms with E-state index in [2.05, 4.69) is 15.5 Å². The van der Waals surface area contributed by atoms with Gasteiger partial charge in [-0.15, -0.1) is 0 Å². The van der Waals surface area contributed by atoms with Crippen molar-refractivity contribution in [1.82, 2.24) is 15.5 Å². The number of rotatable bonds is 5. The minimum atomic E-state index is -3.27. The highest BCUT2D eigenvalue weighted by atomic mass is 32.2. The molecule has 1 saturated carbocycles. The molecule has 3 rings (SSSR count). The zero-order valence-electron chi connectivity index (χ0n) is 16.7. The topological polar surface area (TPSA) is 87.7 Å². The summed E-state index contributed by atoms with van der Waals surface area (Å²) in [7, 11) is -3.27. The molecule has 0 bridgehead atoms. The fraction of sp³-hybridized carbons (Fsp3) is 0.650. The molecule has 156 valence electrons. The molecule has 8 heteroatoms. The SMILES string of the molecule is CCNC(=O)N[C@@H]1CCCC[C@@]12CN(Cc1ccccc1S(C)(=O)=O)CCO2. The predicted octanol–water partition coefficient (Wildman–Crippen LogP) is 1.92. The molecule has 2 aliphatic rings. The average Bonchev–Trinajstić information content (AvgIpc) is 2.64. The summed E-state index contributed by atoms with van der Waals surface area (Å²) in [6.45, 7) is 5.04. The highest BCUT2D eigenvalue weighted by molar-refractivity contribution is 7.90. The van der Waals surface area contributed by atoms with Crippen LogP contribution in [0.1, 0.15) is 38.2 Å². The van der Waals surface area contributed by atoms with Crippen LogP contribution in [0, 0.1) is 0 Å². The highest BCUT2D eigenvalue weighted by Gasteiger charge is 2.45. The molecule has 1 aliphatic heterocycles. The van der Waals surface area contributed by atoms with Crippen LogP contribution in [-0.4, -0.2) is 63.5 Å². The van der Waals surface area contributed by atoms with Gasteiger partial charge in [-0.1, -0.05) is 31.0 Å². The molecule has 1 aliphatic carbocycles. The summed E-state index contributed by atoms with van der Waals surface area (Å²) < 4.78 is 30.5. The molecule has 1 saturated heterocycles. The van der Waals surface area contributed by atoms with E-state index in [1.165, 1.54) is 6.26 Å². The van der Waals surface area contributed by atoms with Crippen molar-refractivity contribution in [2.45, 2.75) is 55.7 Å². The van der Waals surface area contributed by atoms with E-state index >= 15 is 0 Å². The maximum atomic E-state index is 12.1.